The lowest BCUT2D eigenvalue weighted by Crippen LogP contribution is -2.27. The van der Waals surface area contributed by atoms with Crippen molar-refractivity contribution < 1.29 is 5.11 Å². The van der Waals surface area contributed by atoms with Crippen molar-refractivity contribution in [3.63, 3.8) is 0 Å². The number of hydrogen-bond donors (Lipinski definition) is 1. The van der Waals surface area contributed by atoms with Gasteiger partial charge < -0.3 is 10.0 Å². The Morgan fingerprint density at radius 2 is 2.06 bits per heavy atom. The average Bonchev–Trinajstić information content (AvgIpc) is 2.78. The summed E-state index contributed by atoms with van der Waals surface area (Å²) in [6.07, 6.45) is 5.15. The maximum absolute atomic E-state index is 9.96. The molecule has 1 N–H and O–H groups in total. The first kappa shape index (κ1) is 14.2. The van der Waals surface area contributed by atoms with Gasteiger partial charge in [-0.05, 0) is 32.0 Å². The lowest BCUT2D eigenvalue weighted by molar-refractivity contribution is 0.143. The van der Waals surface area contributed by atoms with Gasteiger partial charge in [0.1, 0.15) is 0 Å². The fraction of sp³-hybridized carbons (Fsp3) is 0.769. The van der Waals surface area contributed by atoms with E-state index in [-0.39, 0.29) is 6.10 Å². The van der Waals surface area contributed by atoms with E-state index in [9.17, 15) is 5.11 Å². The van der Waals surface area contributed by atoms with Crippen molar-refractivity contribution in [2.75, 3.05) is 19.6 Å². The zero-order chi connectivity index (χ0) is 12.7. The van der Waals surface area contributed by atoms with Crippen molar-refractivity contribution in [1.29, 1.82) is 0 Å². The van der Waals surface area contributed by atoms with Gasteiger partial charge in [0.25, 0.3) is 0 Å². The molecule has 1 aromatic heterocycles. The highest BCUT2D eigenvalue weighted by molar-refractivity contribution is 5.05. The third-order valence-electron chi connectivity index (χ3n) is 3.16. The van der Waals surface area contributed by atoms with Crippen LogP contribution in [0.5, 0.6) is 0 Å². The van der Waals surface area contributed by atoms with Gasteiger partial charge in [-0.25, -0.2) is 0 Å². The van der Waals surface area contributed by atoms with Crippen LogP contribution in [-0.2, 0) is 13.0 Å². The topological polar surface area (TPSA) is 41.3 Å². The highest BCUT2D eigenvalue weighted by Gasteiger charge is 2.09. The normalized spacial score (nSPS) is 13.2. The molecule has 1 atom stereocenters. The predicted octanol–water partition coefficient (Wildman–Crippen LogP) is 1.54. The van der Waals surface area contributed by atoms with Gasteiger partial charge in [-0.1, -0.05) is 13.8 Å². The molecule has 0 bridgehead atoms. The molecule has 0 amide bonds. The van der Waals surface area contributed by atoms with E-state index in [0.29, 0.717) is 6.42 Å². The molecule has 0 fully saturated rings. The Hall–Kier alpha value is -0.870. The van der Waals surface area contributed by atoms with Gasteiger partial charge in [-0.2, -0.15) is 5.10 Å². The van der Waals surface area contributed by atoms with E-state index >= 15 is 0 Å². The SMILES string of the molecule is CCN(CC)CCC(O)Cc1cnn(CC)c1. The van der Waals surface area contributed by atoms with Gasteiger partial charge >= 0.3 is 0 Å². The molecule has 1 heterocycles. The van der Waals surface area contributed by atoms with Crippen LogP contribution < -0.4 is 0 Å². The summed E-state index contributed by atoms with van der Waals surface area (Å²) in [4.78, 5) is 2.33. The van der Waals surface area contributed by atoms with E-state index in [0.717, 1.165) is 38.2 Å². The molecule has 4 heteroatoms. The van der Waals surface area contributed by atoms with Crippen LogP contribution in [0.4, 0.5) is 0 Å². The summed E-state index contributed by atoms with van der Waals surface area (Å²) in [5.41, 5.74) is 1.12. The van der Waals surface area contributed by atoms with E-state index in [1.165, 1.54) is 0 Å². The molecule has 1 rings (SSSR count). The Kier molecular flexibility index (Phi) is 6.22. The number of aromatic nitrogens is 2. The maximum atomic E-state index is 9.96. The van der Waals surface area contributed by atoms with Crippen LogP contribution in [0.1, 0.15) is 32.8 Å². The molecular formula is C13H25N3O. The van der Waals surface area contributed by atoms with E-state index in [1.54, 1.807) is 0 Å². The molecule has 98 valence electrons. The molecule has 0 spiro atoms. The molecule has 0 aromatic carbocycles. The second-order valence-electron chi connectivity index (χ2n) is 4.38. The Morgan fingerprint density at radius 1 is 1.35 bits per heavy atom. The van der Waals surface area contributed by atoms with Crippen LogP contribution in [0.15, 0.2) is 12.4 Å². The first-order chi connectivity index (χ1) is 8.19. The quantitative estimate of drug-likeness (QED) is 0.748. The first-order valence-corrected chi connectivity index (χ1v) is 6.61. The van der Waals surface area contributed by atoms with Gasteiger partial charge in [0, 0.05) is 25.7 Å². The molecule has 0 aliphatic rings. The van der Waals surface area contributed by atoms with Crippen molar-refractivity contribution in [2.24, 2.45) is 0 Å². The lowest BCUT2D eigenvalue weighted by Gasteiger charge is -2.19. The Labute approximate surface area is 104 Å². The minimum absolute atomic E-state index is 0.259. The zero-order valence-corrected chi connectivity index (χ0v) is 11.3. The summed E-state index contributed by atoms with van der Waals surface area (Å²) >= 11 is 0. The van der Waals surface area contributed by atoms with Gasteiger partial charge in [-0.3, -0.25) is 4.68 Å². The van der Waals surface area contributed by atoms with Crippen molar-refractivity contribution in [2.45, 2.75) is 46.3 Å². The largest absolute Gasteiger partial charge is 0.393 e. The molecule has 0 aliphatic heterocycles. The number of aryl methyl sites for hydroxylation is 1. The van der Waals surface area contributed by atoms with Crippen LogP contribution in [0, 0.1) is 0 Å². The van der Waals surface area contributed by atoms with Crippen LogP contribution in [0.3, 0.4) is 0 Å². The van der Waals surface area contributed by atoms with E-state index in [1.807, 2.05) is 17.1 Å². The van der Waals surface area contributed by atoms with Gasteiger partial charge in [0.15, 0.2) is 0 Å². The van der Waals surface area contributed by atoms with Crippen LogP contribution in [-0.4, -0.2) is 45.5 Å². The number of aliphatic hydroxyl groups is 1. The predicted molar refractivity (Wildman–Crippen MR) is 70.0 cm³/mol. The van der Waals surface area contributed by atoms with Crippen molar-refractivity contribution >= 4 is 0 Å². The van der Waals surface area contributed by atoms with Crippen molar-refractivity contribution in [1.82, 2.24) is 14.7 Å². The van der Waals surface area contributed by atoms with Crippen LogP contribution in [0.2, 0.25) is 0 Å². The summed E-state index contributed by atoms with van der Waals surface area (Å²) in [6, 6.07) is 0. The molecule has 0 saturated carbocycles. The number of rotatable bonds is 8. The summed E-state index contributed by atoms with van der Waals surface area (Å²) < 4.78 is 1.90. The third kappa shape index (κ3) is 4.88. The lowest BCUT2D eigenvalue weighted by atomic mass is 10.1. The van der Waals surface area contributed by atoms with Crippen LogP contribution in [0.25, 0.3) is 0 Å². The Balaban J connectivity index is 2.31. The molecule has 0 saturated heterocycles. The first-order valence-electron chi connectivity index (χ1n) is 6.61. The summed E-state index contributed by atoms with van der Waals surface area (Å²) in [7, 11) is 0. The van der Waals surface area contributed by atoms with Crippen molar-refractivity contribution in [3.8, 4) is 0 Å². The fourth-order valence-corrected chi connectivity index (χ4v) is 1.93. The molecule has 17 heavy (non-hydrogen) atoms. The zero-order valence-electron chi connectivity index (χ0n) is 11.3. The van der Waals surface area contributed by atoms with E-state index in [4.69, 9.17) is 0 Å². The molecular weight excluding hydrogens is 214 g/mol. The van der Waals surface area contributed by atoms with E-state index in [2.05, 4.69) is 30.8 Å². The van der Waals surface area contributed by atoms with E-state index < -0.39 is 0 Å². The Morgan fingerprint density at radius 3 is 2.59 bits per heavy atom. The van der Waals surface area contributed by atoms with Gasteiger partial charge in [-0.15, -0.1) is 0 Å². The molecule has 0 radical (unpaired) electrons. The second-order valence-corrected chi connectivity index (χ2v) is 4.38. The van der Waals surface area contributed by atoms with Gasteiger partial charge in [0.05, 0.1) is 12.3 Å². The molecule has 1 unspecified atom stereocenters. The number of nitrogens with zero attached hydrogens (tertiary/aromatic N) is 3. The minimum atomic E-state index is -0.259. The van der Waals surface area contributed by atoms with Crippen LogP contribution >= 0.6 is 0 Å². The maximum Gasteiger partial charge on any atom is 0.0593 e. The smallest absolute Gasteiger partial charge is 0.0593 e. The number of hydrogen-bond acceptors (Lipinski definition) is 3. The second kappa shape index (κ2) is 7.45. The molecule has 1 aromatic rings. The molecule has 4 nitrogen and oxygen atoms in total. The standard InChI is InChI=1S/C13H25N3O/c1-4-15(5-2)8-7-13(17)9-12-10-14-16(6-3)11-12/h10-11,13,17H,4-9H2,1-3H3. The Bertz CT molecular complexity index is 307. The average molecular weight is 239 g/mol. The summed E-state index contributed by atoms with van der Waals surface area (Å²) in [6.45, 7) is 10.3. The molecule has 0 aliphatic carbocycles. The fourth-order valence-electron chi connectivity index (χ4n) is 1.93. The number of aliphatic hydroxyl groups excluding tert-OH is 1. The monoisotopic (exact) mass is 239 g/mol. The highest BCUT2D eigenvalue weighted by Crippen LogP contribution is 2.06. The minimum Gasteiger partial charge on any atom is -0.393 e. The summed E-state index contributed by atoms with van der Waals surface area (Å²) in [5.74, 6) is 0. The third-order valence-corrected chi connectivity index (χ3v) is 3.16. The summed E-state index contributed by atoms with van der Waals surface area (Å²) in [5, 5.41) is 14.2. The highest BCUT2D eigenvalue weighted by atomic mass is 16.3. The van der Waals surface area contributed by atoms with Crippen molar-refractivity contribution in [3.05, 3.63) is 18.0 Å². The van der Waals surface area contributed by atoms with Gasteiger partial charge in [0.2, 0.25) is 0 Å².